The molecule has 1 N–H and O–H groups in total. The van der Waals surface area contributed by atoms with Crippen molar-refractivity contribution in [3.05, 3.63) is 95.1 Å². The molecular formula is C28H24N2O4S. The molecule has 1 aliphatic rings. The van der Waals surface area contributed by atoms with Crippen LogP contribution in [0.5, 0.6) is 5.75 Å². The average Bonchev–Trinajstić information content (AvgIpc) is 3.42. The Morgan fingerprint density at radius 1 is 1.03 bits per heavy atom. The molecular weight excluding hydrogens is 460 g/mol. The number of benzene rings is 3. The summed E-state index contributed by atoms with van der Waals surface area (Å²) in [6, 6.07) is 21.2. The van der Waals surface area contributed by atoms with Crippen LogP contribution in [0, 0.1) is 0 Å². The number of rotatable bonds is 6. The normalized spacial score (nSPS) is 17.3. The minimum atomic E-state index is -0.822. The summed E-state index contributed by atoms with van der Waals surface area (Å²) >= 11 is 1.36. The number of carbonyl (C=O) groups excluding carboxylic acids is 2. The first-order valence-corrected chi connectivity index (χ1v) is 12.3. The average molecular weight is 485 g/mol. The van der Waals surface area contributed by atoms with Crippen LogP contribution in [0.2, 0.25) is 0 Å². The van der Waals surface area contributed by atoms with Gasteiger partial charge in [0.05, 0.1) is 28.4 Å². The number of ether oxygens (including phenoxy) is 1. The molecule has 35 heavy (non-hydrogen) atoms. The summed E-state index contributed by atoms with van der Waals surface area (Å²) in [6.45, 7) is 4.51. The lowest BCUT2D eigenvalue weighted by atomic mass is 9.95. The van der Waals surface area contributed by atoms with Crippen molar-refractivity contribution in [2.75, 3.05) is 11.5 Å². The van der Waals surface area contributed by atoms with Crippen LogP contribution in [0.25, 0.3) is 16.0 Å². The highest BCUT2D eigenvalue weighted by Gasteiger charge is 2.48. The van der Waals surface area contributed by atoms with Crippen LogP contribution in [0.3, 0.4) is 0 Å². The Morgan fingerprint density at radius 3 is 2.46 bits per heavy atom. The van der Waals surface area contributed by atoms with Gasteiger partial charge in [-0.25, -0.2) is 4.98 Å². The van der Waals surface area contributed by atoms with E-state index in [-0.39, 0.29) is 11.3 Å². The number of hydrogen-bond acceptors (Lipinski definition) is 6. The number of aromatic nitrogens is 1. The van der Waals surface area contributed by atoms with Crippen LogP contribution in [0.15, 0.2) is 78.4 Å². The van der Waals surface area contributed by atoms with E-state index in [1.807, 2.05) is 37.3 Å². The largest absolute Gasteiger partial charge is 0.507 e. The molecule has 7 heteroatoms. The summed E-state index contributed by atoms with van der Waals surface area (Å²) in [6.07, 6.45) is 0.886. The molecule has 0 spiro atoms. The van der Waals surface area contributed by atoms with Crippen LogP contribution in [0.1, 0.15) is 36.6 Å². The number of nitrogens with zero attached hydrogens (tertiary/aromatic N) is 2. The molecule has 1 atom stereocenters. The van der Waals surface area contributed by atoms with E-state index in [1.54, 1.807) is 36.4 Å². The number of ketones is 1. The van der Waals surface area contributed by atoms with Gasteiger partial charge in [-0.1, -0.05) is 66.8 Å². The first-order valence-electron chi connectivity index (χ1n) is 11.5. The molecule has 1 aromatic heterocycles. The number of fused-ring (bicyclic) bond motifs is 1. The Kier molecular flexibility index (Phi) is 6.09. The van der Waals surface area contributed by atoms with Gasteiger partial charge in [-0.3, -0.25) is 14.5 Å². The summed E-state index contributed by atoms with van der Waals surface area (Å²) in [5.41, 5.74) is 3.12. The Labute approximate surface area is 207 Å². The van der Waals surface area contributed by atoms with Gasteiger partial charge in [0, 0.05) is 5.56 Å². The molecule has 0 bridgehead atoms. The summed E-state index contributed by atoms with van der Waals surface area (Å²) < 4.78 is 6.50. The van der Waals surface area contributed by atoms with Crippen molar-refractivity contribution in [1.29, 1.82) is 0 Å². The molecule has 5 rings (SSSR count). The molecule has 1 saturated heterocycles. The van der Waals surface area contributed by atoms with Gasteiger partial charge in [0.25, 0.3) is 5.78 Å². The summed E-state index contributed by atoms with van der Waals surface area (Å²) in [5.74, 6) is -0.974. The van der Waals surface area contributed by atoms with Crippen LogP contribution in [-0.4, -0.2) is 28.4 Å². The van der Waals surface area contributed by atoms with Crippen LogP contribution in [0.4, 0.5) is 5.13 Å². The van der Waals surface area contributed by atoms with Crippen LogP contribution in [-0.2, 0) is 16.0 Å². The third-order valence-corrected chi connectivity index (χ3v) is 7.07. The van der Waals surface area contributed by atoms with Crippen molar-refractivity contribution < 1.29 is 19.4 Å². The first-order chi connectivity index (χ1) is 17.0. The lowest BCUT2D eigenvalue weighted by molar-refractivity contribution is -0.132. The maximum Gasteiger partial charge on any atom is 0.301 e. The molecule has 1 amide bonds. The van der Waals surface area contributed by atoms with E-state index in [0.717, 1.165) is 16.6 Å². The predicted molar refractivity (Wildman–Crippen MR) is 138 cm³/mol. The van der Waals surface area contributed by atoms with Crippen LogP contribution >= 0.6 is 11.3 Å². The van der Waals surface area contributed by atoms with Crippen LogP contribution < -0.4 is 9.64 Å². The predicted octanol–water partition coefficient (Wildman–Crippen LogP) is 5.88. The van der Waals surface area contributed by atoms with Gasteiger partial charge in [0.1, 0.15) is 11.5 Å². The summed E-state index contributed by atoms with van der Waals surface area (Å²) in [4.78, 5) is 32.8. The van der Waals surface area contributed by atoms with Gasteiger partial charge in [0.15, 0.2) is 5.13 Å². The Morgan fingerprint density at radius 2 is 1.77 bits per heavy atom. The van der Waals surface area contributed by atoms with Gasteiger partial charge in [-0.2, -0.15) is 0 Å². The molecule has 0 aliphatic carbocycles. The minimum Gasteiger partial charge on any atom is -0.507 e. The highest BCUT2D eigenvalue weighted by molar-refractivity contribution is 7.22. The molecule has 3 aromatic carbocycles. The number of Topliss-reactive ketones (excluding diaryl/α,β-unsaturated/α-hetero) is 1. The van der Waals surface area contributed by atoms with Gasteiger partial charge < -0.3 is 9.84 Å². The molecule has 1 aliphatic heterocycles. The summed E-state index contributed by atoms with van der Waals surface area (Å²) in [5, 5.41) is 11.6. The molecule has 176 valence electrons. The topological polar surface area (TPSA) is 79.7 Å². The molecule has 0 radical (unpaired) electrons. The Balaban J connectivity index is 1.69. The third kappa shape index (κ3) is 4.08. The van der Waals surface area contributed by atoms with Crippen molar-refractivity contribution >= 4 is 44.1 Å². The van der Waals surface area contributed by atoms with E-state index in [2.05, 4.69) is 18.0 Å². The van der Waals surface area contributed by atoms with Crippen molar-refractivity contribution in [2.24, 2.45) is 0 Å². The number of aliphatic hydroxyl groups excluding tert-OH is 1. The molecule has 1 fully saturated rings. The fourth-order valence-electron chi connectivity index (χ4n) is 4.29. The third-order valence-electron chi connectivity index (χ3n) is 6.05. The molecule has 4 aromatic rings. The number of thiazole rings is 1. The lowest BCUT2D eigenvalue weighted by Crippen LogP contribution is -2.29. The maximum atomic E-state index is 13.4. The van der Waals surface area contributed by atoms with E-state index >= 15 is 0 Å². The number of carbonyl (C=O) groups is 2. The highest BCUT2D eigenvalue weighted by Crippen LogP contribution is 2.44. The van der Waals surface area contributed by atoms with E-state index in [1.165, 1.54) is 21.8 Å². The molecule has 6 nitrogen and oxygen atoms in total. The first kappa shape index (κ1) is 22.8. The molecule has 0 unspecified atom stereocenters. The zero-order valence-corrected chi connectivity index (χ0v) is 20.2. The minimum absolute atomic E-state index is 0.0406. The van der Waals surface area contributed by atoms with Gasteiger partial charge in [0.2, 0.25) is 0 Å². The second-order valence-corrected chi connectivity index (χ2v) is 9.20. The van der Waals surface area contributed by atoms with Gasteiger partial charge >= 0.3 is 5.91 Å². The SMILES string of the molecule is CCOc1ccc([C@H]2/C(=C(\O)c3ccccc3)C(=O)C(=O)N2c2nc3ccc(CC)cc3s2)cc1. The van der Waals surface area contributed by atoms with Gasteiger partial charge in [-0.05, 0) is 48.7 Å². The van der Waals surface area contributed by atoms with E-state index in [4.69, 9.17) is 4.74 Å². The second kappa shape index (κ2) is 9.35. The van der Waals surface area contributed by atoms with Crippen molar-refractivity contribution in [3.63, 3.8) is 0 Å². The zero-order chi connectivity index (χ0) is 24.5. The van der Waals surface area contributed by atoms with E-state index in [0.29, 0.717) is 28.6 Å². The fourth-order valence-corrected chi connectivity index (χ4v) is 5.35. The van der Waals surface area contributed by atoms with Crippen molar-refractivity contribution in [3.8, 4) is 5.75 Å². The highest BCUT2D eigenvalue weighted by atomic mass is 32.1. The number of aliphatic hydroxyl groups is 1. The van der Waals surface area contributed by atoms with Gasteiger partial charge in [-0.15, -0.1) is 0 Å². The van der Waals surface area contributed by atoms with E-state index < -0.39 is 17.7 Å². The quantitative estimate of drug-likeness (QED) is 0.210. The molecule has 2 heterocycles. The smallest absolute Gasteiger partial charge is 0.301 e. The van der Waals surface area contributed by atoms with E-state index in [9.17, 15) is 14.7 Å². The Bertz CT molecular complexity index is 1440. The molecule has 0 saturated carbocycles. The van der Waals surface area contributed by atoms with Crippen molar-refractivity contribution in [2.45, 2.75) is 26.3 Å². The fraction of sp³-hybridized carbons (Fsp3) is 0.179. The summed E-state index contributed by atoms with van der Waals surface area (Å²) in [7, 11) is 0. The Hall–Kier alpha value is -3.97. The lowest BCUT2D eigenvalue weighted by Gasteiger charge is -2.23. The number of amides is 1. The van der Waals surface area contributed by atoms with Crippen molar-refractivity contribution in [1.82, 2.24) is 4.98 Å². The maximum absolute atomic E-state index is 13.4. The number of aryl methyl sites for hydroxylation is 1. The number of hydrogen-bond donors (Lipinski definition) is 1. The standard InChI is InChI=1S/C28H24N2O4S/c1-3-17-10-15-21-22(16-17)35-28(29-21)30-24(18-11-13-20(14-12-18)34-4-2)23(26(32)27(30)33)25(31)19-8-6-5-7-9-19/h5-16,24,31H,3-4H2,1-2H3/b25-23+/t24-/m0/s1. The monoisotopic (exact) mass is 484 g/mol. The zero-order valence-electron chi connectivity index (χ0n) is 19.4. The number of anilines is 1. The second-order valence-electron chi connectivity index (χ2n) is 8.19.